The number of azo groups is 1. The van der Waals surface area contributed by atoms with E-state index >= 15 is 0 Å². The molecule has 3 aromatic carbocycles. The number of nitrogens with one attached hydrogen (secondary N) is 1. The Balaban J connectivity index is 1.32. The maximum atomic E-state index is 12.6. The van der Waals surface area contributed by atoms with Crippen LogP contribution in [0.4, 0.5) is 15.8 Å². The number of amides is 1. The van der Waals surface area contributed by atoms with Crippen LogP contribution in [0, 0.1) is 6.92 Å². The summed E-state index contributed by atoms with van der Waals surface area (Å²) in [4.78, 5) is 21.8. The number of rotatable bonds is 7. The van der Waals surface area contributed by atoms with E-state index in [9.17, 15) is 4.79 Å². The van der Waals surface area contributed by atoms with Gasteiger partial charge in [0.1, 0.15) is 5.69 Å². The van der Waals surface area contributed by atoms with E-state index in [-0.39, 0.29) is 11.7 Å². The minimum absolute atomic E-state index is 0.139. The zero-order chi connectivity index (χ0) is 23.3. The highest BCUT2D eigenvalue weighted by molar-refractivity contribution is 8.01. The Hall–Kier alpha value is -3.40. The summed E-state index contributed by atoms with van der Waals surface area (Å²) in [7, 11) is 0. The molecule has 5 rings (SSSR count). The number of carbonyl (C=O) groups excluding carboxylic acids is 1. The van der Waals surface area contributed by atoms with E-state index in [1.165, 1.54) is 23.1 Å². The third-order valence-electron chi connectivity index (χ3n) is 4.79. The summed E-state index contributed by atoms with van der Waals surface area (Å²) in [5.41, 5.74) is 4.48. The van der Waals surface area contributed by atoms with Crippen molar-refractivity contribution in [3.05, 3.63) is 84.4 Å². The van der Waals surface area contributed by atoms with Crippen LogP contribution in [0.5, 0.6) is 0 Å². The van der Waals surface area contributed by atoms with Gasteiger partial charge in [0.25, 0.3) is 0 Å². The molecule has 0 aliphatic carbocycles. The summed E-state index contributed by atoms with van der Waals surface area (Å²) in [6, 6.07) is 25.6. The molecule has 2 aromatic heterocycles. The van der Waals surface area contributed by atoms with Gasteiger partial charge >= 0.3 is 0 Å². The van der Waals surface area contributed by atoms with Crippen LogP contribution in [-0.2, 0) is 4.79 Å². The van der Waals surface area contributed by atoms with Crippen molar-refractivity contribution >= 4 is 66.4 Å². The Kier molecular flexibility index (Phi) is 6.75. The first-order valence-electron chi connectivity index (χ1n) is 10.5. The molecular formula is C25H19N5OS3. The number of hydrogen-bond acceptors (Lipinski definition) is 8. The van der Waals surface area contributed by atoms with Gasteiger partial charge in [-0.1, -0.05) is 83.3 Å². The first-order chi connectivity index (χ1) is 16.6. The van der Waals surface area contributed by atoms with Crippen molar-refractivity contribution in [3.8, 4) is 11.3 Å². The van der Waals surface area contributed by atoms with Crippen LogP contribution >= 0.6 is 34.4 Å². The summed E-state index contributed by atoms with van der Waals surface area (Å²) < 4.78 is 1.98. The molecule has 1 amide bonds. The van der Waals surface area contributed by atoms with Gasteiger partial charge < -0.3 is 5.32 Å². The van der Waals surface area contributed by atoms with E-state index in [2.05, 4.69) is 25.5 Å². The maximum absolute atomic E-state index is 12.6. The van der Waals surface area contributed by atoms with E-state index in [1.54, 1.807) is 11.3 Å². The van der Waals surface area contributed by atoms with Gasteiger partial charge in [-0.3, -0.25) is 4.79 Å². The molecule has 6 nitrogen and oxygen atoms in total. The molecule has 1 N–H and O–H groups in total. The molecule has 168 valence electrons. The third kappa shape index (κ3) is 5.39. The average Bonchev–Trinajstić information content (AvgIpc) is 3.46. The van der Waals surface area contributed by atoms with Crippen LogP contribution in [0.25, 0.3) is 21.5 Å². The van der Waals surface area contributed by atoms with Crippen molar-refractivity contribution in [3.63, 3.8) is 0 Å². The van der Waals surface area contributed by atoms with Crippen molar-refractivity contribution in [2.75, 3.05) is 11.1 Å². The van der Waals surface area contributed by atoms with E-state index < -0.39 is 0 Å². The summed E-state index contributed by atoms with van der Waals surface area (Å²) in [6.07, 6.45) is 0. The standard InChI is InChI=1S/C25H19N5OS3/c1-16-11-13-18(14-12-16)29-30-23-22(17-7-3-2-4-8-17)28-24(34-23)27-21(31)15-32-25-26-19-9-5-6-10-20(19)33-25/h2-14H,15H2,1H3,(H,27,28,31). The molecule has 0 aliphatic rings. The summed E-state index contributed by atoms with van der Waals surface area (Å²) in [5, 5.41) is 12.8. The molecule has 0 spiro atoms. The molecule has 0 unspecified atom stereocenters. The van der Waals surface area contributed by atoms with Gasteiger partial charge in [0, 0.05) is 5.56 Å². The van der Waals surface area contributed by atoms with Crippen molar-refractivity contribution in [2.24, 2.45) is 10.2 Å². The first kappa shape index (κ1) is 22.4. The minimum Gasteiger partial charge on any atom is -0.301 e. The molecule has 0 fully saturated rings. The molecule has 2 heterocycles. The Bertz CT molecular complexity index is 1430. The van der Waals surface area contributed by atoms with Gasteiger partial charge in [-0.15, -0.1) is 21.6 Å². The quantitative estimate of drug-likeness (QED) is 0.182. The molecule has 0 saturated carbocycles. The predicted molar refractivity (Wildman–Crippen MR) is 142 cm³/mol. The van der Waals surface area contributed by atoms with E-state index in [0.717, 1.165) is 31.4 Å². The fourth-order valence-corrected chi connectivity index (χ4v) is 5.82. The Morgan fingerprint density at radius 2 is 1.68 bits per heavy atom. The number of aryl methyl sites for hydroxylation is 1. The minimum atomic E-state index is -0.139. The Labute approximate surface area is 208 Å². The van der Waals surface area contributed by atoms with Crippen LogP contribution in [-0.4, -0.2) is 21.6 Å². The molecule has 0 aliphatic heterocycles. The topological polar surface area (TPSA) is 79.6 Å². The predicted octanol–water partition coefficient (Wildman–Crippen LogP) is 7.87. The van der Waals surface area contributed by atoms with Crippen LogP contribution in [0.2, 0.25) is 0 Å². The van der Waals surface area contributed by atoms with E-state index in [1.807, 2.05) is 85.8 Å². The molecule has 0 bridgehead atoms. The average molecular weight is 502 g/mol. The monoisotopic (exact) mass is 501 g/mol. The van der Waals surface area contributed by atoms with Gasteiger partial charge in [-0.05, 0) is 31.2 Å². The summed E-state index contributed by atoms with van der Waals surface area (Å²) in [6.45, 7) is 2.03. The third-order valence-corrected chi connectivity index (χ3v) is 7.83. The molecule has 0 atom stereocenters. The van der Waals surface area contributed by atoms with Crippen LogP contribution < -0.4 is 5.32 Å². The molecule has 0 saturated heterocycles. The van der Waals surface area contributed by atoms with Crippen molar-refractivity contribution in [2.45, 2.75) is 11.3 Å². The second-order valence-electron chi connectivity index (χ2n) is 7.36. The number of benzene rings is 3. The smallest absolute Gasteiger partial charge is 0.236 e. The van der Waals surface area contributed by atoms with Crippen molar-refractivity contribution < 1.29 is 4.79 Å². The Morgan fingerprint density at radius 3 is 2.47 bits per heavy atom. The molecule has 5 aromatic rings. The normalized spacial score (nSPS) is 11.3. The van der Waals surface area contributed by atoms with E-state index in [4.69, 9.17) is 0 Å². The van der Waals surface area contributed by atoms with Crippen LogP contribution in [0.15, 0.2) is 93.4 Å². The number of thioether (sulfide) groups is 1. The number of hydrogen-bond donors (Lipinski definition) is 1. The second-order valence-corrected chi connectivity index (χ2v) is 10.6. The Morgan fingerprint density at radius 1 is 0.912 bits per heavy atom. The lowest BCUT2D eigenvalue weighted by atomic mass is 10.2. The fraction of sp³-hybridized carbons (Fsp3) is 0.0800. The SMILES string of the molecule is Cc1ccc(N=Nc2sc(NC(=O)CSc3nc4ccccc4s3)nc2-c2ccccc2)cc1. The number of anilines is 1. The molecule has 9 heteroatoms. The summed E-state index contributed by atoms with van der Waals surface area (Å²) >= 11 is 4.31. The lowest BCUT2D eigenvalue weighted by Gasteiger charge is -1.99. The largest absolute Gasteiger partial charge is 0.301 e. The fourth-order valence-electron chi connectivity index (χ4n) is 3.13. The molecule has 34 heavy (non-hydrogen) atoms. The van der Waals surface area contributed by atoms with Gasteiger partial charge in [-0.25, -0.2) is 9.97 Å². The number of thiazole rings is 2. The lowest BCUT2D eigenvalue weighted by molar-refractivity contribution is -0.113. The van der Waals surface area contributed by atoms with Crippen molar-refractivity contribution in [1.82, 2.24) is 9.97 Å². The van der Waals surface area contributed by atoms with Gasteiger partial charge in [0.15, 0.2) is 14.5 Å². The zero-order valence-corrected chi connectivity index (χ0v) is 20.6. The number of para-hydroxylation sites is 1. The highest BCUT2D eigenvalue weighted by atomic mass is 32.2. The van der Waals surface area contributed by atoms with Gasteiger partial charge in [0.05, 0.1) is 21.7 Å². The number of fused-ring (bicyclic) bond motifs is 1. The van der Waals surface area contributed by atoms with Crippen molar-refractivity contribution in [1.29, 1.82) is 0 Å². The van der Waals surface area contributed by atoms with Gasteiger partial charge in [0.2, 0.25) is 5.91 Å². The summed E-state index contributed by atoms with van der Waals surface area (Å²) in [5.74, 6) is 0.111. The number of aromatic nitrogens is 2. The number of nitrogens with zero attached hydrogens (tertiary/aromatic N) is 4. The first-order valence-corrected chi connectivity index (χ1v) is 13.1. The van der Waals surface area contributed by atoms with E-state index in [0.29, 0.717) is 15.8 Å². The maximum Gasteiger partial charge on any atom is 0.236 e. The molecule has 0 radical (unpaired) electrons. The van der Waals surface area contributed by atoms with Crippen LogP contribution in [0.1, 0.15) is 5.56 Å². The highest BCUT2D eigenvalue weighted by Gasteiger charge is 2.16. The number of carbonyl (C=O) groups is 1. The lowest BCUT2D eigenvalue weighted by Crippen LogP contribution is -2.13. The van der Waals surface area contributed by atoms with Crippen LogP contribution in [0.3, 0.4) is 0 Å². The zero-order valence-electron chi connectivity index (χ0n) is 18.1. The second kappa shape index (κ2) is 10.3. The highest BCUT2D eigenvalue weighted by Crippen LogP contribution is 2.39. The molecular weight excluding hydrogens is 483 g/mol. The van der Waals surface area contributed by atoms with Gasteiger partial charge in [-0.2, -0.15) is 0 Å².